The van der Waals surface area contributed by atoms with Gasteiger partial charge in [0.2, 0.25) is 0 Å². The van der Waals surface area contributed by atoms with Crippen LogP contribution in [0.2, 0.25) is 0 Å². The Labute approximate surface area is 183 Å². The van der Waals surface area contributed by atoms with Crippen molar-refractivity contribution in [1.29, 1.82) is 0 Å². The SMILES string of the molecule is CC(C)(C)OC(=O)N[C@@H]1CN(C(=O)OCc2ccccc2)Cc2cc(C(F)(F)F)cnc21. The smallest absolute Gasteiger partial charge is 0.417 e. The van der Waals surface area contributed by atoms with Gasteiger partial charge in [-0.3, -0.25) is 4.98 Å². The van der Waals surface area contributed by atoms with Gasteiger partial charge in [0.15, 0.2) is 0 Å². The first-order valence-corrected chi connectivity index (χ1v) is 9.93. The van der Waals surface area contributed by atoms with Crippen molar-refractivity contribution < 1.29 is 32.2 Å². The van der Waals surface area contributed by atoms with Crippen LogP contribution in [0.15, 0.2) is 42.6 Å². The van der Waals surface area contributed by atoms with E-state index >= 15 is 0 Å². The minimum Gasteiger partial charge on any atom is -0.445 e. The number of aromatic nitrogens is 1. The lowest BCUT2D eigenvalue weighted by Crippen LogP contribution is -2.46. The highest BCUT2D eigenvalue weighted by Crippen LogP contribution is 2.33. The zero-order valence-electron chi connectivity index (χ0n) is 17.9. The van der Waals surface area contributed by atoms with Crippen LogP contribution in [0.5, 0.6) is 0 Å². The maximum Gasteiger partial charge on any atom is 0.417 e. The molecule has 2 heterocycles. The van der Waals surface area contributed by atoms with Crippen LogP contribution in [0.4, 0.5) is 22.8 Å². The van der Waals surface area contributed by atoms with Crippen LogP contribution in [0.1, 0.15) is 49.2 Å². The predicted molar refractivity (Wildman–Crippen MR) is 108 cm³/mol. The molecular weight excluding hydrogens is 427 g/mol. The van der Waals surface area contributed by atoms with Crippen LogP contribution in [-0.4, -0.2) is 34.2 Å². The molecule has 10 heteroatoms. The third-order valence-electron chi connectivity index (χ3n) is 4.58. The third kappa shape index (κ3) is 6.12. The van der Waals surface area contributed by atoms with Crippen LogP contribution in [0.3, 0.4) is 0 Å². The Morgan fingerprint density at radius 3 is 2.50 bits per heavy atom. The van der Waals surface area contributed by atoms with E-state index in [9.17, 15) is 22.8 Å². The number of rotatable bonds is 3. The van der Waals surface area contributed by atoms with Gasteiger partial charge < -0.3 is 19.7 Å². The summed E-state index contributed by atoms with van der Waals surface area (Å²) >= 11 is 0. The van der Waals surface area contributed by atoms with Crippen LogP contribution in [0.25, 0.3) is 0 Å². The molecule has 1 aromatic heterocycles. The molecule has 0 spiro atoms. The molecule has 0 saturated carbocycles. The first kappa shape index (κ1) is 23.4. The van der Waals surface area contributed by atoms with E-state index in [4.69, 9.17) is 9.47 Å². The molecule has 7 nitrogen and oxygen atoms in total. The fourth-order valence-electron chi connectivity index (χ4n) is 3.21. The minimum absolute atomic E-state index is 0.00797. The van der Waals surface area contributed by atoms with E-state index in [2.05, 4.69) is 10.3 Å². The fraction of sp³-hybridized carbons (Fsp3) is 0.409. The maximum absolute atomic E-state index is 13.2. The molecule has 0 bridgehead atoms. The number of benzene rings is 1. The summed E-state index contributed by atoms with van der Waals surface area (Å²) in [5.41, 5.74) is -0.530. The molecule has 1 aliphatic heterocycles. The summed E-state index contributed by atoms with van der Waals surface area (Å²) in [6.45, 7) is 4.89. The van der Waals surface area contributed by atoms with E-state index in [1.807, 2.05) is 6.07 Å². The quantitative estimate of drug-likeness (QED) is 0.724. The summed E-state index contributed by atoms with van der Waals surface area (Å²) in [6.07, 6.45) is -5.36. The molecule has 0 radical (unpaired) electrons. The number of nitrogens with zero attached hydrogens (tertiary/aromatic N) is 2. The molecule has 0 fully saturated rings. The predicted octanol–water partition coefficient (Wildman–Crippen LogP) is 4.82. The van der Waals surface area contributed by atoms with E-state index in [0.717, 1.165) is 11.6 Å². The molecule has 32 heavy (non-hydrogen) atoms. The molecule has 2 amide bonds. The Hall–Kier alpha value is -3.30. The number of fused-ring (bicyclic) bond motifs is 1. The Kier molecular flexibility index (Phi) is 6.61. The number of ether oxygens (including phenoxy) is 2. The Morgan fingerprint density at radius 1 is 1.19 bits per heavy atom. The van der Waals surface area contributed by atoms with E-state index < -0.39 is 35.6 Å². The highest BCUT2D eigenvalue weighted by molar-refractivity contribution is 5.70. The zero-order chi connectivity index (χ0) is 23.5. The summed E-state index contributed by atoms with van der Waals surface area (Å²) in [7, 11) is 0. The van der Waals surface area contributed by atoms with Gasteiger partial charge in [-0.2, -0.15) is 13.2 Å². The second kappa shape index (κ2) is 9.05. The van der Waals surface area contributed by atoms with Gasteiger partial charge >= 0.3 is 18.4 Å². The van der Waals surface area contributed by atoms with Gasteiger partial charge in [0.25, 0.3) is 0 Å². The average Bonchev–Trinajstić information content (AvgIpc) is 2.70. The second-order valence-electron chi connectivity index (χ2n) is 8.39. The summed E-state index contributed by atoms with van der Waals surface area (Å²) in [5.74, 6) is 0. The standard InChI is InChI=1S/C22H24F3N3O4/c1-21(2,3)32-19(29)27-17-12-28(20(30)31-13-14-7-5-4-6-8-14)11-15-9-16(22(23,24)25)10-26-18(15)17/h4-10,17H,11-13H2,1-3H3,(H,27,29)/t17-/m1/s1. The highest BCUT2D eigenvalue weighted by atomic mass is 19.4. The molecule has 1 N–H and O–H groups in total. The van der Waals surface area contributed by atoms with Crippen LogP contribution in [-0.2, 0) is 28.8 Å². The molecular formula is C22H24F3N3O4. The van der Waals surface area contributed by atoms with Crippen molar-refractivity contribution in [2.24, 2.45) is 0 Å². The van der Waals surface area contributed by atoms with E-state index in [1.54, 1.807) is 45.0 Å². The number of carbonyl (C=O) groups excluding carboxylic acids is 2. The van der Waals surface area contributed by atoms with E-state index in [0.29, 0.717) is 6.20 Å². The van der Waals surface area contributed by atoms with Gasteiger partial charge in [0, 0.05) is 6.20 Å². The largest absolute Gasteiger partial charge is 0.445 e. The van der Waals surface area contributed by atoms with Crippen LogP contribution < -0.4 is 5.32 Å². The second-order valence-corrected chi connectivity index (χ2v) is 8.39. The van der Waals surface area contributed by atoms with Gasteiger partial charge in [0.1, 0.15) is 12.2 Å². The van der Waals surface area contributed by atoms with Gasteiger partial charge in [-0.15, -0.1) is 0 Å². The number of amides is 2. The van der Waals surface area contributed by atoms with Gasteiger partial charge in [-0.1, -0.05) is 30.3 Å². The molecule has 3 rings (SSSR count). The average molecular weight is 451 g/mol. The van der Waals surface area contributed by atoms with Crippen molar-refractivity contribution in [2.75, 3.05) is 6.54 Å². The van der Waals surface area contributed by atoms with Crippen LogP contribution >= 0.6 is 0 Å². The molecule has 2 aromatic rings. The highest BCUT2D eigenvalue weighted by Gasteiger charge is 2.36. The van der Waals surface area contributed by atoms with Crippen molar-refractivity contribution in [3.63, 3.8) is 0 Å². The lowest BCUT2D eigenvalue weighted by molar-refractivity contribution is -0.137. The fourth-order valence-corrected chi connectivity index (χ4v) is 3.21. The summed E-state index contributed by atoms with van der Waals surface area (Å²) < 4.78 is 50.1. The third-order valence-corrected chi connectivity index (χ3v) is 4.58. The molecule has 0 unspecified atom stereocenters. The topological polar surface area (TPSA) is 80.8 Å². The van der Waals surface area contributed by atoms with Gasteiger partial charge in [0.05, 0.1) is 30.4 Å². The molecule has 172 valence electrons. The number of alkyl halides is 3. The Morgan fingerprint density at radius 2 is 1.88 bits per heavy atom. The number of pyridine rings is 1. The molecule has 0 aliphatic carbocycles. The van der Waals surface area contributed by atoms with Crippen molar-refractivity contribution in [2.45, 2.75) is 51.7 Å². The lowest BCUT2D eigenvalue weighted by Gasteiger charge is -2.34. The van der Waals surface area contributed by atoms with Crippen molar-refractivity contribution in [3.8, 4) is 0 Å². The summed E-state index contributed by atoms with van der Waals surface area (Å²) in [5, 5.41) is 2.59. The number of alkyl carbamates (subject to hydrolysis) is 1. The monoisotopic (exact) mass is 451 g/mol. The van der Waals surface area contributed by atoms with E-state index in [-0.39, 0.29) is 31.0 Å². The van der Waals surface area contributed by atoms with Crippen LogP contribution in [0, 0.1) is 0 Å². The van der Waals surface area contributed by atoms with Crippen molar-refractivity contribution in [1.82, 2.24) is 15.2 Å². The number of nitrogens with one attached hydrogen (secondary N) is 1. The first-order valence-electron chi connectivity index (χ1n) is 9.93. The molecule has 1 aromatic carbocycles. The number of hydrogen-bond donors (Lipinski definition) is 1. The summed E-state index contributed by atoms with van der Waals surface area (Å²) in [6, 6.07) is 9.06. The molecule has 1 aliphatic rings. The zero-order valence-corrected chi connectivity index (χ0v) is 17.9. The Balaban J connectivity index is 1.81. The molecule has 1 atom stereocenters. The number of halogens is 3. The van der Waals surface area contributed by atoms with Crippen molar-refractivity contribution >= 4 is 12.2 Å². The normalized spacial score (nSPS) is 16.2. The summed E-state index contributed by atoms with van der Waals surface area (Å²) in [4.78, 5) is 30.1. The number of hydrogen-bond acceptors (Lipinski definition) is 5. The first-order chi connectivity index (χ1) is 14.9. The van der Waals surface area contributed by atoms with Gasteiger partial charge in [-0.25, -0.2) is 9.59 Å². The lowest BCUT2D eigenvalue weighted by atomic mass is 9.99. The minimum atomic E-state index is -4.59. The van der Waals surface area contributed by atoms with E-state index in [1.165, 1.54) is 4.90 Å². The van der Waals surface area contributed by atoms with Crippen molar-refractivity contribution in [3.05, 3.63) is 65.0 Å². The van der Waals surface area contributed by atoms with Gasteiger partial charge in [-0.05, 0) is 38.0 Å². The maximum atomic E-state index is 13.2. The Bertz CT molecular complexity index is 975. The molecule has 0 saturated heterocycles. The number of carbonyl (C=O) groups is 2.